The van der Waals surface area contributed by atoms with Crippen LogP contribution in [-0.4, -0.2) is 53.0 Å². The Morgan fingerprint density at radius 3 is 2.45 bits per heavy atom. The van der Waals surface area contributed by atoms with E-state index in [4.69, 9.17) is 0 Å². The summed E-state index contributed by atoms with van der Waals surface area (Å²) in [5, 5.41) is 8.05. The monoisotopic (exact) mass is 464 g/mol. The zero-order chi connectivity index (χ0) is 23.2. The zero-order valence-corrected chi connectivity index (χ0v) is 19.6. The van der Waals surface area contributed by atoms with Crippen LogP contribution >= 0.6 is 11.3 Å². The summed E-state index contributed by atoms with van der Waals surface area (Å²) in [7, 11) is 0. The van der Waals surface area contributed by atoms with E-state index in [0.29, 0.717) is 29.8 Å². The van der Waals surface area contributed by atoms with Gasteiger partial charge in [0.25, 0.3) is 0 Å². The van der Waals surface area contributed by atoms with Gasteiger partial charge in [-0.2, -0.15) is 0 Å². The first kappa shape index (κ1) is 22.7. The fourth-order valence-electron chi connectivity index (χ4n) is 3.62. The molecule has 8 nitrogen and oxygen atoms in total. The van der Waals surface area contributed by atoms with Gasteiger partial charge in [0.15, 0.2) is 5.13 Å². The number of hydrogen-bond donors (Lipinski definition) is 2. The number of hydrogen-bond acceptors (Lipinski definition) is 6. The molecule has 1 aliphatic heterocycles. The summed E-state index contributed by atoms with van der Waals surface area (Å²) in [6.07, 6.45) is 1.93. The highest BCUT2D eigenvalue weighted by Gasteiger charge is 2.22. The van der Waals surface area contributed by atoms with Gasteiger partial charge in [0.05, 0.1) is 12.1 Å². The number of anilines is 3. The molecular formula is C24H28N6O2S. The lowest BCUT2D eigenvalue weighted by atomic mass is 10.0. The van der Waals surface area contributed by atoms with Gasteiger partial charge in [-0.05, 0) is 35.7 Å². The summed E-state index contributed by atoms with van der Waals surface area (Å²) in [4.78, 5) is 37.7. The third kappa shape index (κ3) is 6.07. The third-order valence-electron chi connectivity index (χ3n) is 5.51. The minimum atomic E-state index is -0.175. The van der Waals surface area contributed by atoms with Crippen molar-refractivity contribution >= 4 is 39.9 Å². The number of pyridine rings is 1. The Bertz CT molecular complexity index is 1080. The van der Waals surface area contributed by atoms with Gasteiger partial charge in [-0.25, -0.2) is 14.8 Å². The highest BCUT2D eigenvalue weighted by Crippen LogP contribution is 2.20. The molecule has 1 fully saturated rings. The van der Waals surface area contributed by atoms with Crippen molar-refractivity contribution in [1.29, 1.82) is 0 Å². The molecule has 3 aromatic rings. The van der Waals surface area contributed by atoms with Gasteiger partial charge in [-0.1, -0.05) is 32.0 Å². The van der Waals surface area contributed by atoms with Crippen LogP contribution in [0.15, 0.2) is 54.0 Å². The summed E-state index contributed by atoms with van der Waals surface area (Å²) in [5.74, 6) is 1.24. The minimum Gasteiger partial charge on any atom is -0.353 e. The van der Waals surface area contributed by atoms with Crippen LogP contribution in [0.25, 0.3) is 0 Å². The number of carbonyl (C=O) groups excluding carboxylic acids is 2. The molecule has 9 heteroatoms. The van der Waals surface area contributed by atoms with Gasteiger partial charge in [-0.3, -0.25) is 10.1 Å². The number of carbonyl (C=O) groups is 2. The van der Waals surface area contributed by atoms with E-state index in [9.17, 15) is 9.59 Å². The average molecular weight is 465 g/mol. The lowest BCUT2D eigenvalue weighted by Crippen LogP contribution is -2.50. The minimum absolute atomic E-state index is 0.138. The summed E-state index contributed by atoms with van der Waals surface area (Å²) < 4.78 is 0. The first-order valence-electron chi connectivity index (χ1n) is 11.0. The maximum atomic E-state index is 12.6. The number of nitrogens with one attached hydrogen (secondary N) is 2. The highest BCUT2D eigenvalue weighted by molar-refractivity contribution is 7.13. The molecule has 0 radical (unpaired) electrons. The Hall–Kier alpha value is -3.46. The largest absolute Gasteiger partial charge is 0.353 e. The quantitative estimate of drug-likeness (QED) is 0.571. The van der Waals surface area contributed by atoms with Crippen LogP contribution in [0, 0.1) is 0 Å². The normalized spacial score (nSPS) is 13.8. The van der Waals surface area contributed by atoms with Crippen molar-refractivity contribution in [3.8, 4) is 0 Å². The number of amides is 3. The summed E-state index contributed by atoms with van der Waals surface area (Å²) in [6, 6.07) is 13.5. The first-order chi connectivity index (χ1) is 16.0. The fraction of sp³-hybridized carbons (Fsp3) is 0.333. The Morgan fingerprint density at radius 2 is 1.79 bits per heavy atom. The molecule has 0 spiro atoms. The van der Waals surface area contributed by atoms with E-state index in [-0.39, 0.29) is 18.4 Å². The molecule has 2 aromatic heterocycles. The van der Waals surface area contributed by atoms with Gasteiger partial charge < -0.3 is 15.1 Å². The molecule has 172 valence electrons. The molecule has 33 heavy (non-hydrogen) atoms. The number of urea groups is 1. The number of nitrogens with zero attached hydrogens (tertiary/aromatic N) is 4. The van der Waals surface area contributed by atoms with Crippen molar-refractivity contribution < 1.29 is 9.59 Å². The smallest absolute Gasteiger partial charge is 0.323 e. The highest BCUT2D eigenvalue weighted by atomic mass is 32.1. The van der Waals surface area contributed by atoms with Crippen LogP contribution in [0.3, 0.4) is 0 Å². The van der Waals surface area contributed by atoms with Gasteiger partial charge >= 0.3 is 6.03 Å². The van der Waals surface area contributed by atoms with Gasteiger partial charge in [0, 0.05) is 43.4 Å². The molecule has 1 aliphatic rings. The van der Waals surface area contributed by atoms with Gasteiger partial charge in [-0.15, -0.1) is 11.3 Å². The van der Waals surface area contributed by atoms with E-state index in [1.807, 2.05) is 42.5 Å². The van der Waals surface area contributed by atoms with Crippen molar-refractivity contribution in [2.45, 2.75) is 26.2 Å². The summed E-state index contributed by atoms with van der Waals surface area (Å²) in [6.45, 7) is 6.94. The van der Waals surface area contributed by atoms with E-state index in [2.05, 4.69) is 39.3 Å². The van der Waals surface area contributed by atoms with Crippen LogP contribution in [0.5, 0.6) is 0 Å². The molecular weight excluding hydrogens is 436 g/mol. The van der Waals surface area contributed by atoms with Crippen molar-refractivity contribution in [1.82, 2.24) is 14.9 Å². The summed E-state index contributed by atoms with van der Waals surface area (Å²) in [5.41, 5.74) is 2.62. The molecule has 3 amide bonds. The molecule has 0 unspecified atom stereocenters. The summed E-state index contributed by atoms with van der Waals surface area (Å²) >= 11 is 1.32. The molecule has 0 aliphatic carbocycles. The van der Waals surface area contributed by atoms with E-state index < -0.39 is 0 Å². The zero-order valence-electron chi connectivity index (χ0n) is 18.8. The van der Waals surface area contributed by atoms with Crippen LogP contribution < -0.4 is 15.5 Å². The van der Waals surface area contributed by atoms with E-state index in [1.165, 1.54) is 16.9 Å². The van der Waals surface area contributed by atoms with E-state index in [1.54, 1.807) is 16.5 Å². The predicted octanol–water partition coefficient (Wildman–Crippen LogP) is 4.20. The number of aromatic nitrogens is 2. The fourth-order valence-corrected chi connectivity index (χ4v) is 4.32. The number of rotatable bonds is 6. The Labute approximate surface area is 197 Å². The lowest BCUT2D eigenvalue weighted by Gasteiger charge is -2.35. The number of thiazole rings is 1. The van der Waals surface area contributed by atoms with Crippen molar-refractivity contribution in [2.75, 3.05) is 41.7 Å². The van der Waals surface area contributed by atoms with E-state index in [0.717, 1.165) is 24.6 Å². The Kier molecular flexibility index (Phi) is 7.19. The molecule has 3 heterocycles. The Morgan fingerprint density at radius 1 is 1.03 bits per heavy atom. The van der Waals surface area contributed by atoms with Crippen LogP contribution in [0.4, 0.5) is 21.4 Å². The SMILES string of the molecule is CC(C)c1ccc(NC(=O)Cc2csc(NC(=O)N3CCN(c4ccccn4)CC3)n2)cc1. The topological polar surface area (TPSA) is 90.5 Å². The van der Waals surface area contributed by atoms with Crippen LogP contribution in [0.2, 0.25) is 0 Å². The molecule has 4 rings (SSSR count). The molecule has 0 bridgehead atoms. The van der Waals surface area contributed by atoms with Crippen LogP contribution in [0.1, 0.15) is 31.0 Å². The predicted molar refractivity (Wildman–Crippen MR) is 132 cm³/mol. The molecule has 0 saturated carbocycles. The standard InChI is InChI=1S/C24H28N6O2S/c1-17(2)18-6-8-19(9-7-18)26-22(31)15-20-16-33-23(27-20)28-24(32)30-13-11-29(12-14-30)21-5-3-4-10-25-21/h3-10,16-17H,11-15H2,1-2H3,(H,26,31)(H,27,28,32). The number of benzene rings is 1. The Balaban J connectivity index is 1.24. The first-order valence-corrected chi connectivity index (χ1v) is 11.9. The second kappa shape index (κ2) is 10.4. The van der Waals surface area contributed by atoms with Crippen molar-refractivity contribution in [3.63, 3.8) is 0 Å². The molecule has 1 saturated heterocycles. The molecule has 1 aromatic carbocycles. The second-order valence-electron chi connectivity index (χ2n) is 8.24. The van der Waals surface area contributed by atoms with Gasteiger partial charge in [0.2, 0.25) is 5.91 Å². The van der Waals surface area contributed by atoms with Gasteiger partial charge in [0.1, 0.15) is 5.82 Å². The third-order valence-corrected chi connectivity index (χ3v) is 6.32. The van der Waals surface area contributed by atoms with Crippen molar-refractivity contribution in [3.05, 3.63) is 65.3 Å². The van der Waals surface area contributed by atoms with Crippen LogP contribution in [-0.2, 0) is 11.2 Å². The van der Waals surface area contributed by atoms with E-state index >= 15 is 0 Å². The maximum Gasteiger partial charge on any atom is 0.323 e. The second-order valence-corrected chi connectivity index (χ2v) is 9.10. The maximum absolute atomic E-state index is 12.6. The molecule has 2 N–H and O–H groups in total. The van der Waals surface area contributed by atoms with Crippen molar-refractivity contribution in [2.24, 2.45) is 0 Å². The average Bonchev–Trinajstić information content (AvgIpc) is 3.26. The lowest BCUT2D eigenvalue weighted by molar-refractivity contribution is -0.115. The number of piperazine rings is 1. The molecule has 0 atom stereocenters.